The first-order valence-electron chi connectivity index (χ1n) is 7.14. The summed E-state index contributed by atoms with van der Waals surface area (Å²) in [6.07, 6.45) is 0. The highest BCUT2D eigenvalue weighted by atomic mass is 19.1. The van der Waals surface area contributed by atoms with Crippen molar-refractivity contribution in [2.24, 2.45) is 0 Å². The molecule has 2 nitrogen and oxygen atoms in total. The summed E-state index contributed by atoms with van der Waals surface area (Å²) < 4.78 is 37.0. The highest BCUT2D eigenvalue weighted by molar-refractivity contribution is 5.29. The van der Waals surface area contributed by atoms with Gasteiger partial charge in [-0.3, -0.25) is 0 Å². The lowest BCUT2D eigenvalue weighted by Gasteiger charge is -2.27. The van der Waals surface area contributed by atoms with E-state index in [0.29, 0.717) is 13.2 Å². The first kappa shape index (κ1) is 16.6. The average molecular weight is 306 g/mol. The van der Waals surface area contributed by atoms with Crippen molar-refractivity contribution < 1.29 is 18.3 Å². The van der Waals surface area contributed by atoms with E-state index in [1.807, 2.05) is 0 Å². The van der Waals surface area contributed by atoms with Crippen molar-refractivity contribution in [3.63, 3.8) is 0 Å². The smallest absolute Gasteiger partial charge is 0.123 e. The van der Waals surface area contributed by atoms with Crippen LogP contribution >= 0.6 is 0 Å². The van der Waals surface area contributed by atoms with Crippen molar-refractivity contribution in [1.29, 1.82) is 0 Å². The third-order valence-corrected chi connectivity index (χ3v) is 3.77. The van der Waals surface area contributed by atoms with E-state index in [9.17, 15) is 8.78 Å². The molecule has 0 bridgehead atoms. The van der Waals surface area contributed by atoms with Crippen LogP contribution in [0.1, 0.15) is 23.0 Å². The van der Waals surface area contributed by atoms with Gasteiger partial charge in [0.15, 0.2) is 0 Å². The second-order valence-corrected chi connectivity index (χ2v) is 5.23. The van der Waals surface area contributed by atoms with Gasteiger partial charge in [0.25, 0.3) is 0 Å². The molecule has 0 N–H and O–H groups in total. The van der Waals surface area contributed by atoms with Gasteiger partial charge in [-0.25, -0.2) is 8.78 Å². The molecule has 0 spiro atoms. The molecule has 22 heavy (non-hydrogen) atoms. The molecular weight excluding hydrogens is 286 g/mol. The molecule has 4 heteroatoms. The van der Waals surface area contributed by atoms with Gasteiger partial charge in [0.2, 0.25) is 0 Å². The topological polar surface area (TPSA) is 18.5 Å². The first-order valence-corrected chi connectivity index (χ1v) is 7.14. The van der Waals surface area contributed by atoms with E-state index in [0.717, 1.165) is 11.1 Å². The Labute approximate surface area is 129 Å². The Bertz CT molecular complexity index is 513. The zero-order valence-corrected chi connectivity index (χ0v) is 12.8. The minimum atomic E-state index is -0.273. The lowest BCUT2D eigenvalue weighted by molar-refractivity contribution is 0.127. The second-order valence-electron chi connectivity index (χ2n) is 5.23. The van der Waals surface area contributed by atoms with Crippen LogP contribution in [0.3, 0.4) is 0 Å². The molecule has 118 valence electrons. The van der Waals surface area contributed by atoms with Crippen LogP contribution in [0.25, 0.3) is 0 Å². The number of benzene rings is 2. The Balaban J connectivity index is 2.36. The Morgan fingerprint density at radius 2 is 1.00 bits per heavy atom. The molecule has 2 rings (SSSR count). The summed E-state index contributed by atoms with van der Waals surface area (Å²) in [6, 6.07) is 12.8. The monoisotopic (exact) mass is 306 g/mol. The van der Waals surface area contributed by atoms with Gasteiger partial charge in [0, 0.05) is 26.1 Å². The zero-order chi connectivity index (χ0) is 15.9. The largest absolute Gasteiger partial charge is 0.384 e. The van der Waals surface area contributed by atoms with Gasteiger partial charge in [-0.1, -0.05) is 24.3 Å². The standard InChI is InChI=1S/C18H20F2O2/c1-21-11-17(13-3-7-15(19)8-4-13)18(12-22-2)14-5-9-16(20)10-6-14/h3-10,17-18H,11-12H2,1-2H3. The van der Waals surface area contributed by atoms with E-state index >= 15 is 0 Å². The molecule has 0 aliphatic rings. The van der Waals surface area contributed by atoms with Crippen LogP contribution in [-0.2, 0) is 9.47 Å². The molecule has 0 amide bonds. The molecule has 0 aliphatic carbocycles. The number of hydrogen-bond acceptors (Lipinski definition) is 2. The van der Waals surface area contributed by atoms with Crippen LogP contribution in [0.15, 0.2) is 48.5 Å². The summed E-state index contributed by atoms with van der Waals surface area (Å²) in [5.74, 6) is -0.554. The van der Waals surface area contributed by atoms with Crippen molar-refractivity contribution in [2.75, 3.05) is 27.4 Å². The molecule has 0 saturated carbocycles. The van der Waals surface area contributed by atoms with Gasteiger partial charge in [-0.2, -0.15) is 0 Å². The molecule has 2 atom stereocenters. The molecule has 0 aliphatic heterocycles. The van der Waals surface area contributed by atoms with Gasteiger partial charge in [0.05, 0.1) is 13.2 Å². The van der Waals surface area contributed by atoms with Crippen LogP contribution in [-0.4, -0.2) is 27.4 Å². The number of hydrogen-bond donors (Lipinski definition) is 0. The molecule has 0 saturated heterocycles. The van der Waals surface area contributed by atoms with E-state index < -0.39 is 0 Å². The zero-order valence-electron chi connectivity index (χ0n) is 12.8. The maximum Gasteiger partial charge on any atom is 0.123 e. The van der Waals surface area contributed by atoms with E-state index in [1.165, 1.54) is 24.3 Å². The SMILES string of the molecule is COCC(c1ccc(F)cc1)C(COC)c1ccc(F)cc1. The highest BCUT2D eigenvalue weighted by Crippen LogP contribution is 2.34. The van der Waals surface area contributed by atoms with E-state index in [2.05, 4.69) is 0 Å². The van der Waals surface area contributed by atoms with Crippen molar-refractivity contribution in [3.05, 3.63) is 71.3 Å². The minimum Gasteiger partial charge on any atom is -0.384 e. The summed E-state index contributed by atoms with van der Waals surface area (Å²) in [4.78, 5) is 0. The number of ether oxygens (including phenoxy) is 2. The Hall–Kier alpha value is -1.78. The van der Waals surface area contributed by atoms with Crippen LogP contribution in [0, 0.1) is 11.6 Å². The van der Waals surface area contributed by atoms with Crippen molar-refractivity contribution in [2.45, 2.75) is 11.8 Å². The van der Waals surface area contributed by atoms with Crippen molar-refractivity contribution in [3.8, 4) is 0 Å². The molecular formula is C18H20F2O2. The van der Waals surface area contributed by atoms with Gasteiger partial charge in [0.1, 0.15) is 11.6 Å². The minimum absolute atomic E-state index is 0.00369. The predicted molar refractivity (Wildman–Crippen MR) is 82.0 cm³/mol. The van der Waals surface area contributed by atoms with Crippen LogP contribution in [0.2, 0.25) is 0 Å². The maximum atomic E-state index is 13.2. The lowest BCUT2D eigenvalue weighted by atomic mass is 9.82. The second kappa shape index (κ2) is 8.01. The van der Waals surface area contributed by atoms with Gasteiger partial charge in [-0.05, 0) is 35.4 Å². The Morgan fingerprint density at radius 1 is 0.682 bits per heavy atom. The predicted octanol–water partition coefficient (Wildman–Crippen LogP) is 4.13. The summed E-state index contributed by atoms with van der Waals surface area (Å²) >= 11 is 0. The third-order valence-electron chi connectivity index (χ3n) is 3.77. The van der Waals surface area contributed by atoms with Gasteiger partial charge in [-0.15, -0.1) is 0 Å². The molecule has 2 unspecified atom stereocenters. The maximum absolute atomic E-state index is 13.2. The normalized spacial score (nSPS) is 13.8. The van der Waals surface area contributed by atoms with Gasteiger partial charge >= 0.3 is 0 Å². The fourth-order valence-electron chi connectivity index (χ4n) is 2.67. The van der Waals surface area contributed by atoms with Crippen LogP contribution in [0.5, 0.6) is 0 Å². The number of halogens is 2. The summed E-state index contributed by atoms with van der Waals surface area (Å²) in [5, 5.41) is 0. The van der Waals surface area contributed by atoms with Crippen molar-refractivity contribution in [1.82, 2.24) is 0 Å². The summed E-state index contributed by atoms with van der Waals surface area (Å²) in [5.41, 5.74) is 1.93. The first-order chi connectivity index (χ1) is 10.7. The Morgan fingerprint density at radius 3 is 1.27 bits per heavy atom. The highest BCUT2D eigenvalue weighted by Gasteiger charge is 2.25. The molecule has 0 fully saturated rings. The van der Waals surface area contributed by atoms with Gasteiger partial charge < -0.3 is 9.47 Å². The lowest BCUT2D eigenvalue weighted by Crippen LogP contribution is -2.20. The molecule has 2 aromatic rings. The number of methoxy groups -OCH3 is 2. The van der Waals surface area contributed by atoms with Crippen LogP contribution in [0.4, 0.5) is 8.78 Å². The Kier molecular flexibility index (Phi) is 6.04. The summed E-state index contributed by atoms with van der Waals surface area (Å²) in [7, 11) is 3.26. The molecule has 2 aromatic carbocycles. The quantitative estimate of drug-likeness (QED) is 0.766. The number of rotatable bonds is 7. The fourth-order valence-corrected chi connectivity index (χ4v) is 2.67. The molecule has 0 heterocycles. The van der Waals surface area contributed by atoms with E-state index in [-0.39, 0.29) is 23.5 Å². The van der Waals surface area contributed by atoms with E-state index in [4.69, 9.17) is 9.47 Å². The third kappa shape index (κ3) is 4.12. The fraction of sp³-hybridized carbons (Fsp3) is 0.333. The average Bonchev–Trinajstić information content (AvgIpc) is 2.53. The van der Waals surface area contributed by atoms with Crippen LogP contribution < -0.4 is 0 Å². The summed E-state index contributed by atoms with van der Waals surface area (Å²) in [6.45, 7) is 0.939. The molecule has 0 radical (unpaired) electrons. The van der Waals surface area contributed by atoms with E-state index in [1.54, 1.807) is 38.5 Å². The molecule has 0 aromatic heterocycles. The van der Waals surface area contributed by atoms with Crippen molar-refractivity contribution >= 4 is 0 Å².